The Bertz CT molecular complexity index is 813. The molecule has 0 aliphatic carbocycles. The first-order valence-corrected chi connectivity index (χ1v) is 8.61. The summed E-state index contributed by atoms with van der Waals surface area (Å²) in [6.07, 6.45) is 3.66. The van der Waals surface area contributed by atoms with E-state index in [9.17, 15) is 9.18 Å². The second kappa shape index (κ2) is 7.99. The van der Waals surface area contributed by atoms with E-state index in [1.165, 1.54) is 12.3 Å². The van der Waals surface area contributed by atoms with E-state index in [4.69, 9.17) is 4.74 Å². The van der Waals surface area contributed by atoms with E-state index in [0.717, 1.165) is 31.5 Å². The van der Waals surface area contributed by atoms with Gasteiger partial charge in [-0.1, -0.05) is 0 Å². The van der Waals surface area contributed by atoms with Crippen LogP contribution in [0, 0.1) is 12.7 Å². The number of hydrazone groups is 1. The zero-order chi connectivity index (χ0) is 18.5. The molecule has 1 fully saturated rings. The largest absolute Gasteiger partial charge is 0.497 e. The van der Waals surface area contributed by atoms with Crippen LogP contribution >= 0.6 is 0 Å². The molecule has 1 aliphatic rings. The molecule has 0 aromatic heterocycles. The Kier molecular flexibility index (Phi) is 5.51. The molecule has 3 rings (SSSR count). The van der Waals surface area contributed by atoms with Crippen LogP contribution in [0.4, 0.5) is 10.1 Å². The molecule has 26 heavy (non-hydrogen) atoms. The quantitative estimate of drug-likeness (QED) is 0.660. The van der Waals surface area contributed by atoms with Gasteiger partial charge in [0.2, 0.25) is 0 Å². The molecule has 1 N–H and O–H groups in total. The molecule has 0 radical (unpaired) electrons. The Morgan fingerprint density at radius 3 is 2.58 bits per heavy atom. The lowest BCUT2D eigenvalue weighted by molar-refractivity contribution is 0.0955. The van der Waals surface area contributed by atoms with Crippen LogP contribution in [0.25, 0.3) is 0 Å². The van der Waals surface area contributed by atoms with E-state index in [-0.39, 0.29) is 11.7 Å². The number of anilines is 1. The molecule has 0 saturated carbocycles. The fraction of sp³-hybridized carbons (Fsp3) is 0.300. The number of carbonyl (C=O) groups excluding carboxylic acids is 1. The first kappa shape index (κ1) is 17.9. The van der Waals surface area contributed by atoms with Crippen molar-refractivity contribution in [3.8, 4) is 5.75 Å². The fourth-order valence-corrected chi connectivity index (χ4v) is 2.99. The first-order valence-electron chi connectivity index (χ1n) is 8.61. The lowest BCUT2D eigenvalue weighted by Crippen LogP contribution is -2.19. The van der Waals surface area contributed by atoms with E-state index >= 15 is 0 Å². The highest BCUT2D eigenvalue weighted by atomic mass is 19.1. The minimum absolute atomic E-state index is 0.263. The third-order valence-electron chi connectivity index (χ3n) is 4.50. The maximum absolute atomic E-state index is 14.4. The zero-order valence-electron chi connectivity index (χ0n) is 15.0. The number of nitrogens with zero attached hydrogens (tertiary/aromatic N) is 2. The van der Waals surface area contributed by atoms with Crippen molar-refractivity contribution >= 4 is 17.8 Å². The number of hydrogen-bond donors (Lipinski definition) is 1. The summed E-state index contributed by atoms with van der Waals surface area (Å²) >= 11 is 0. The summed E-state index contributed by atoms with van der Waals surface area (Å²) in [7, 11) is 1.57. The molecule has 1 saturated heterocycles. The predicted octanol–water partition coefficient (Wildman–Crippen LogP) is 3.51. The molecule has 1 amide bonds. The Labute approximate surface area is 152 Å². The number of aryl methyl sites for hydroxylation is 1. The maximum atomic E-state index is 14.4. The molecule has 5 nitrogen and oxygen atoms in total. The second-order valence-electron chi connectivity index (χ2n) is 6.28. The van der Waals surface area contributed by atoms with Crippen molar-refractivity contribution in [1.82, 2.24) is 5.43 Å². The van der Waals surface area contributed by atoms with Crippen molar-refractivity contribution < 1.29 is 13.9 Å². The SMILES string of the molecule is COc1ccc(C(=O)N/N=C\c2cc(F)c(N3CCCC3)cc2C)cc1. The van der Waals surface area contributed by atoms with E-state index < -0.39 is 0 Å². The Hall–Kier alpha value is -2.89. The Morgan fingerprint density at radius 1 is 1.23 bits per heavy atom. The highest BCUT2D eigenvalue weighted by Gasteiger charge is 2.17. The van der Waals surface area contributed by atoms with Crippen LogP contribution in [0.3, 0.4) is 0 Å². The number of benzene rings is 2. The molecule has 6 heteroatoms. The fourth-order valence-electron chi connectivity index (χ4n) is 2.99. The van der Waals surface area contributed by atoms with Gasteiger partial charge >= 0.3 is 0 Å². The first-order chi connectivity index (χ1) is 12.6. The van der Waals surface area contributed by atoms with Crippen molar-refractivity contribution in [2.75, 3.05) is 25.1 Å². The Balaban J connectivity index is 1.67. The summed E-state index contributed by atoms with van der Waals surface area (Å²) in [5.41, 5.74) is 5.12. The maximum Gasteiger partial charge on any atom is 0.271 e. The normalized spacial score (nSPS) is 14.0. The van der Waals surface area contributed by atoms with Crippen molar-refractivity contribution in [3.05, 3.63) is 58.9 Å². The number of halogens is 1. The van der Waals surface area contributed by atoms with Gasteiger partial charge in [-0.25, -0.2) is 9.82 Å². The number of carbonyl (C=O) groups is 1. The number of rotatable bonds is 5. The van der Waals surface area contributed by atoms with Gasteiger partial charge in [0.1, 0.15) is 11.6 Å². The minimum atomic E-state index is -0.337. The van der Waals surface area contributed by atoms with Gasteiger partial charge in [-0.15, -0.1) is 0 Å². The van der Waals surface area contributed by atoms with Crippen molar-refractivity contribution in [1.29, 1.82) is 0 Å². The van der Waals surface area contributed by atoms with Crippen LogP contribution in [0.15, 0.2) is 41.5 Å². The third-order valence-corrected chi connectivity index (χ3v) is 4.50. The van der Waals surface area contributed by atoms with Crippen molar-refractivity contribution in [3.63, 3.8) is 0 Å². The lowest BCUT2D eigenvalue weighted by atomic mass is 10.1. The summed E-state index contributed by atoms with van der Waals surface area (Å²) in [6, 6.07) is 10.0. The average molecular weight is 355 g/mol. The Morgan fingerprint density at radius 2 is 1.92 bits per heavy atom. The molecule has 0 bridgehead atoms. The number of amides is 1. The van der Waals surface area contributed by atoms with Gasteiger partial charge in [0.25, 0.3) is 5.91 Å². The van der Waals surface area contributed by atoms with Crippen LogP contribution in [-0.4, -0.2) is 32.3 Å². The summed E-state index contributed by atoms with van der Waals surface area (Å²) in [5.74, 6) is 0.0744. The van der Waals surface area contributed by atoms with Gasteiger partial charge < -0.3 is 9.64 Å². The van der Waals surface area contributed by atoms with Gasteiger partial charge in [-0.2, -0.15) is 5.10 Å². The highest BCUT2D eigenvalue weighted by Crippen LogP contribution is 2.26. The van der Waals surface area contributed by atoms with Crippen LogP contribution in [0.5, 0.6) is 5.75 Å². The van der Waals surface area contributed by atoms with Gasteiger partial charge in [-0.05, 0) is 61.7 Å². The second-order valence-corrected chi connectivity index (χ2v) is 6.28. The van der Waals surface area contributed by atoms with Gasteiger partial charge in [0, 0.05) is 24.2 Å². The van der Waals surface area contributed by atoms with Gasteiger partial charge in [0.15, 0.2) is 0 Å². The summed E-state index contributed by atoms with van der Waals surface area (Å²) in [5, 5.41) is 3.95. The standard InChI is InChI=1S/C20H22FN3O2/c1-14-11-19(24-9-3-4-10-24)18(21)12-16(14)13-22-23-20(25)15-5-7-17(26-2)8-6-15/h5-8,11-13H,3-4,9-10H2,1-2H3,(H,23,25)/b22-13-. The molecule has 1 aliphatic heterocycles. The van der Waals surface area contributed by atoms with E-state index in [0.29, 0.717) is 22.6 Å². The van der Waals surface area contributed by atoms with Crippen LogP contribution in [-0.2, 0) is 0 Å². The lowest BCUT2D eigenvalue weighted by Gasteiger charge is -2.19. The number of hydrogen-bond acceptors (Lipinski definition) is 4. The predicted molar refractivity (Wildman–Crippen MR) is 101 cm³/mol. The van der Waals surface area contributed by atoms with Crippen molar-refractivity contribution in [2.24, 2.45) is 5.10 Å². The van der Waals surface area contributed by atoms with Crippen LogP contribution < -0.4 is 15.1 Å². The molecular formula is C20H22FN3O2. The summed E-state index contributed by atoms with van der Waals surface area (Å²) in [4.78, 5) is 14.1. The van der Waals surface area contributed by atoms with Crippen molar-refractivity contribution in [2.45, 2.75) is 19.8 Å². The van der Waals surface area contributed by atoms with Gasteiger partial charge in [0.05, 0.1) is 19.0 Å². The summed E-state index contributed by atoms with van der Waals surface area (Å²) < 4.78 is 19.5. The molecule has 1 heterocycles. The topological polar surface area (TPSA) is 53.9 Å². The molecule has 0 atom stereocenters. The smallest absolute Gasteiger partial charge is 0.271 e. The number of methoxy groups -OCH3 is 1. The molecule has 0 spiro atoms. The van der Waals surface area contributed by atoms with E-state index in [1.807, 2.05) is 13.0 Å². The van der Waals surface area contributed by atoms with E-state index in [2.05, 4.69) is 15.4 Å². The number of ether oxygens (including phenoxy) is 1. The highest BCUT2D eigenvalue weighted by molar-refractivity contribution is 5.95. The average Bonchev–Trinajstić information content (AvgIpc) is 3.18. The molecule has 136 valence electrons. The molecule has 0 unspecified atom stereocenters. The van der Waals surface area contributed by atoms with Crippen LogP contribution in [0.2, 0.25) is 0 Å². The minimum Gasteiger partial charge on any atom is -0.497 e. The summed E-state index contributed by atoms with van der Waals surface area (Å²) in [6.45, 7) is 3.69. The van der Waals surface area contributed by atoms with E-state index in [1.54, 1.807) is 31.4 Å². The third kappa shape index (κ3) is 4.02. The monoisotopic (exact) mass is 355 g/mol. The molecule has 2 aromatic rings. The molecular weight excluding hydrogens is 333 g/mol. The zero-order valence-corrected chi connectivity index (χ0v) is 15.0. The number of nitrogens with one attached hydrogen (secondary N) is 1. The molecule has 2 aromatic carbocycles. The van der Waals surface area contributed by atoms with Gasteiger partial charge in [-0.3, -0.25) is 4.79 Å². The van der Waals surface area contributed by atoms with Crippen LogP contribution in [0.1, 0.15) is 34.3 Å².